The van der Waals surface area contributed by atoms with Gasteiger partial charge in [0, 0.05) is 23.1 Å². The van der Waals surface area contributed by atoms with E-state index in [0.717, 1.165) is 12.0 Å². The molecule has 2 aromatic carbocycles. The minimum Gasteiger partial charge on any atom is -0.483 e. The molecule has 0 fully saturated rings. The molecule has 0 heterocycles. The molecule has 0 aliphatic heterocycles. The van der Waals surface area contributed by atoms with Crippen molar-refractivity contribution >= 4 is 35.0 Å². The molecule has 0 radical (unpaired) electrons. The number of nitrogens with one attached hydrogen (secondary N) is 1. The topological polar surface area (TPSA) is 58.6 Å². The number of ether oxygens (including phenoxy) is 1. The molecule has 0 bridgehead atoms. The molecule has 180 valence electrons. The first-order chi connectivity index (χ1) is 15.6. The van der Waals surface area contributed by atoms with Crippen LogP contribution in [0.1, 0.15) is 58.6 Å². The van der Waals surface area contributed by atoms with Gasteiger partial charge in [-0.15, -0.1) is 0 Å². The molecule has 0 aromatic heterocycles. The Balaban J connectivity index is 2.30. The van der Waals surface area contributed by atoms with Crippen LogP contribution in [0.4, 0.5) is 0 Å². The van der Waals surface area contributed by atoms with Gasteiger partial charge in [0.2, 0.25) is 5.91 Å². The SMILES string of the molecule is CCCNC(=O)[C@H](CC)N(Cc1ccc(Cl)cc1Cl)C(=O)COc1ccccc1C(C)(C)C. The van der Waals surface area contributed by atoms with Gasteiger partial charge < -0.3 is 15.0 Å². The van der Waals surface area contributed by atoms with E-state index in [4.69, 9.17) is 27.9 Å². The standard InChI is InChI=1S/C26H34Cl2N2O3/c1-6-14-29-25(32)22(7-2)30(16-18-12-13-19(27)15-21(18)28)24(31)17-33-23-11-9-8-10-20(23)26(3,4)5/h8-13,15,22H,6-7,14,16-17H2,1-5H3,(H,29,32)/t22-/m0/s1. The lowest BCUT2D eigenvalue weighted by molar-refractivity contribution is -0.143. The van der Waals surface area contributed by atoms with Crippen molar-refractivity contribution in [2.75, 3.05) is 13.2 Å². The number of amides is 2. The second kappa shape index (κ2) is 12.3. The molecule has 1 N–H and O–H groups in total. The van der Waals surface area contributed by atoms with Gasteiger partial charge in [-0.3, -0.25) is 9.59 Å². The van der Waals surface area contributed by atoms with Crippen LogP contribution in [0.15, 0.2) is 42.5 Å². The first kappa shape index (κ1) is 27.0. The van der Waals surface area contributed by atoms with Crippen molar-refractivity contribution in [1.29, 1.82) is 0 Å². The molecule has 2 amide bonds. The van der Waals surface area contributed by atoms with Crippen molar-refractivity contribution in [3.8, 4) is 5.75 Å². The van der Waals surface area contributed by atoms with Crippen LogP contribution >= 0.6 is 23.2 Å². The number of benzene rings is 2. The Kier molecular flexibility index (Phi) is 10.1. The predicted molar refractivity (Wildman–Crippen MR) is 135 cm³/mol. The summed E-state index contributed by atoms with van der Waals surface area (Å²) in [6.45, 7) is 10.7. The average molecular weight is 493 g/mol. The van der Waals surface area contributed by atoms with Crippen molar-refractivity contribution in [2.24, 2.45) is 0 Å². The van der Waals surface area contributed by atoms with Crippen molar-refractivity contribution in [1.82, 2.24) is 10.2 Å². The number of hydrogen-bond acceptors (Lipinski definition) is 3. The van der Waals surface area contributed by atoms with Crippen LogP contribution in [0.3, 0.4) is 0 Å². The smallest absolute Gasteiger partial charge is 0.261 e. The van der Waals surface area contributed by atoms with Crippen LogP contribution in [0, 0.1) is 0 Å². The zero-order valence-corrected chi connectivity index (χ0v) is 21.6. The first-order valence-corrected chi connectivity index (χ1v) is 12.1. The highest BCUT2D eigenvalue weighted by Crippen LogP contribution is 2.31. The van der Waals surface area contributed by atoms with E-state index in [0.29, 0.717) is 34.3 Å². The highest BCUT2D eigenvalue weighted by Gasteiger charge is 2.29. The third-order valence-electron chi connectivity index (χ3n) is 5.34. The fourth-order valence-electron chi connectivity index (χ4n) is 3.55. The Bertz CT molecular complexity index is 957. The Hall–Kier alpha value is -2.24. The maximum Gasteiger partial charge on any atom is 0.261 e. The number of para-hydroxylation sites is 1. The van der Waals surface area contributed by atoms with Crippen molar-refractivity contribution in [3.63, 3.8) is 0 Å². The lowest BCUT2D eigenvalue weighted by atomic mass is 9.86. The van der Waals surface area contributed by atoms with Crippen LogP contribution in [0.25, 0.3) is 0 Å². The van der Waals surface area contributed by atoms with Crippen LogP contribution < -0.4 is 10.1 Å². The van der Waals surface area contributed by atoms with Crippen LogP contribution in [-0.4, -0.2) is 35.9 Å². The van der Waals surface area contributed by atoms with Gasteiger partial charge in [-0.1, -0.05) is 82.1 Å². The van der Waals surface area contributed by atoms with Crippen LogP contribution in [0.5, 0.6) is 5.75 Å². The fourth-order valence-corrected chi connectivity index (χ4v) is 4.02. The summed E-state index contributed by atoms with van der Waals surface area (Å²) in [5.74, 6) is 0.183. The molecule has 5 nitrogen and oxygen atoms in total. The minimum absolute atomic E-state index is 0.137. The summed E-state index contributed by atoms with van der Waals surface area (Å²) in [6, 6.07) is 12.2. The highest BCUT2D eigenvalue weighted by atomic mass is 35.5. The molecule has 0 unspecified atom stereocenters. The molecule has 0 saturated carbocycles. The molecular formula is C26H34Cl2N2O3. The largest absolute Gasteiger partial charge is 0.483 e. The van der Waals surface area contributed by atoms with E-state index in [1.165, 1.54) is 0 Å². The van der Waals surface area contributed by atoms with Gasteiger partial charge in [0.05, 0.1) is 0 Å². The van der Waals surface area contributed by atoms with Gasteiger partial charge in [-0.05, 0) is 47.6 Å². The molecule has 0 aliphatic rings. The molecule has 2 rings (SSSR count). The number of hydrogen-bond donors (Lipinski definition) is 1. The maximum atomic E-state index is 13.4. The van der Waals surface area contributed by atoms with Crippen molar-refractivity contribution in [3.05, 3.63) is 63.6 Å². The number of nitrogens with zero attached hydrogens (tertiary/aromatic N) is 1. The van der Waals surface area contributed by atoms with Gasteiger partial charge >= 0.3 is 0 Å². The zero-order valence-electron chi connectivity index (χ0n) is 20.1. The first-order valence-electron chi connectivity index (χ1n) is 11.3. The normalized spacial score (nSPS) is 12.2. The Morgan fingerprint density at radius 3 is 2.39 bits per heavy atom. The summed E-state index contributed by atoms with van der Waals surface area (Å²) >= 11 is 12.4. The van der Waals surface area contributed by atoms with E-state index in [2.05, 4.69) is 26.1 Å². The summed E-state index contributed by atoms with van der Waals surface area (Å²) in [5, 5.41) is 3.86. The van der Waals surface area contributed by atoms with Crippen LogP contribution in [-0.2, 0) is 21.5 Å². The number of rotatable bonds is 10. The number of carbonyl (C=O) groups is 2. The summed E-state index contributed by atoms with van der Waals surface area (Å²) in [7, 11) is 0. The Labute approximate surface area is 207 Å². The van der Waals surface area contributed by atoms with E-state index < -0.39 is 6.04 Å². The minimum atomic E-state index is -0.641. The Morgan fingerprint density at radius 2 is 1.79 bits per heavy atom. The van der Waals surface area contributed by atoms with E-state index in [-0.39, 0.29) is 30.4 Å². The average Bonchev–Trinajstić information content (AvgIpc) is 2.76. The van der Waals surface area contributed by atoms with Crippen LogP contribution in [0.2, 0.25) is 10.0 Å². The van der Waals surface area contributed by atoms with E-state index in [9.17, 15) is 9.59 Å². The van der Waals surface area contributed by atoms with Crippen molar-refractivity contribution in [2.45, 2.75) is 65.5 Å². The molecule has 0 aliphatic carbocycles. The molecular weight excluding hydrogens is 459 g/mol. The molecule has 7 heteroatoms. The molecule has 33 heavy (non-hydrogen) atoms. The second-order valence-electron chi connectivity index (χ2n) is 9.01. The lowest BCUT2D eigenvalue weighted by Crippen LogP contribution is -2.50. The van der Waals surface area contributed by atoms with Gasteiger partial charge in [-0.2, -0.15) is 0 Å². The third kappa shape index (κ3) is 7.65. The predicted octanol–water partition coefficient (Wildman–Crippen LogP) is 6.00. The highest BCUT2D eigenvalue weighted by molar-refractivity contribution is 6.35. The van der Waals surface area contributed by atoms with E-state index in [1.54, 1.807) is 23.1 Å². The molecule has 1 atom stereocenters. The zero-order chi connectivity index (χ0) is 24.6. The van der Waals surface area contributed by atoms with Gasteiger partial charge in [0.1, 0.15) is 11.8 Å². The molecule has 2 aromatic rings. The second-order valence-corrected chi connectivity index (χ2v) is 9.85. The molecule has 0 spiro atoms. The quantitative estimate of drug-likeness (QED) is 0.442. The summed E-state index contributed by atoms with van der Waals surface area (Å²) in [4.78, 5) is 27.8. The maximum absolute atomic E-state index is 13.4. The third-order valence-corrected chi connectivity index (χ3v) is 5.92. The lowest BCUT2D eigenvalue weighted by Gasteiger charge is -2.31. The van der Waals surface area contributed by atoms with E-state index >= 15 is 0 Å². The summed E-state index contributed by atoms with van der Waals surface area (Å²) in [6.07, 6.45) is 1.27. The van der Waals surface area contributed by atoms with Gasteiger partial charge in [-0.25, -0.2) is 0 Å². The monoisotopic (exact) mass is 492 g/mol. The number of carbonyl (C=O) groups excluding carboxylic acids is 2. The van der Waals surface area contributed by atoms with Gasteiger partial charge in [0.25, 0.3) is 5.91 Å². The number of halogens is 2. The van der Waals surface area contributed by atoms with Crippen molar-refractivity contribution < 1.29 is 14.3 Å². The Morgan fingerprint density at radius 1 is 1.09 bits per heavy atom. The summed E-state index contributed by atoms with van der Waals surface area (Å²) in [5.41, 5.74) is 1.59. The van der Waals surface area contributed by atoms with Gasteiger partial charge in [0.15, 0.2) is 6.61 Å². The van der Waals surface area contributed by atoms with E-state index in [1.807, 2.05) is 38.1 Å². The molecule has 0 saturated heterocycles. The fraction of sp³-hybridized carbons (Fsp3) is 0.462. The summed E-state index contributed by atoms with van der Waals surface area (Å²) < 4.78 is 5.97.